The van der Waals surface area contributed by atoms with Crippen LogP contribution < -0.4 is 22.3 Å². The van der Waals surface area contributed by atoms with Gasteiger partial charge in [0.1, 0.15) is 5.82 Å². The van der Waals surface area contributed by atoms with Crippen LogP contribution in [0, 0.1) is 5.82 Å². The molecule has 1 N–H and O–H groups in total. The van der Waals surface area contributed by atoms with E-state index in [0.717, 1.165) is 11.8 Å². The first-order chi connectivity index (χ1) is 11.5. The van der Waals surface area contributed by atoms with Crippen LogP contribution in [0.2, 0.25) is 0 Å². The molecule has 132 valence electrons. The predicted octanol–water partition coefficient (Wildman–Crippen LogP) is -0.0445. The molecule has 0 spiro atoms. The number of amidine groups is 1. The Morgan fingerprint density at radius 1 is 1.28 bits per heavy atom. The molecule has 1 fully saturated rings. The first kappa shape index (κ1) is 20.9. The standard InChI is InChI=1S/C17H16FN3O2S.BrH/c1-3-9-19-17-21(10-4-2)16(23)14(24-17)11-15(22)20-13-7-5-12(18)6-8-13;/h3-8,11H,1-2,9-10H2,(H,20,22);1H/p-1/b14-11+,19-17?;. The lowest BCUT2D eigenvalue weighted by Crippen LogP contribution is -3.00. The van der Waals surface area contributed by atoms with Crippen molar-refractivity contribution in [2.45, 2.75) is 0 Å². The molecule has 1 aromatic rings. The lowest BCUT2D eigenvalue weighted by atomic mass is 10.3. The molecule has 1 saturated heterocycles. The topological polar surface area (TPSA) is 61.8 Å². The average molecular weight is 425 g/mol. The molecule has 0 aromatic heterocycles. The number of amides is 2. The van der Waals surface area contributed by atoms with Crippen LogP contribution in [-0.4, -0.2) is 35.0 Å². The van der Waals surface area contributed by atoms with Gasteiger partial charge in [0, 0.05) is 18.3 Å². The normalized spacial score (nSPS) is 16.7. The second-order valence-electron chi connectivity index (χ2n) is 4.72. The molecule has 25 heavy (non-hydrogen) atoms. The second-order valence-corrected chi connectivity index (χ2v) is 5.73. The first-order valence-electron chi connectivity index (χ1n) is 7.09. The van der Waals surface area contributed by atoms with E-state index in [9.17, 15) is 14.0 Å². The molecule has 2 rings (SSSR count). The van der Waals surface area contributed by atoms with Crippen molar-refractivity contribution in [3.05, 3.63) is 66.4 Å². The van der Waals surface area contributed by atoms with E-state index in [1.165, 1.54) is 35.2 Å². The molecule has 0 saturated carbocycles. The van der Waals surface area contributed by atoms with Crippen molar-refractivity contribution >= 4 is 34.4 Å². The second kappa shape index (κ2) is 9.95. The van der Waals surface area contributed by atoms with Crippen LogP contribution in [0.3, 0.4) is 0 Å². The van der Waals surface area contributed by atoms with E-state index >= 15 is 0 Å². The third-order valence-corrected chi connectivity index (χ3v) is 3.97. The summed E-state index contributed by atoms with van der Waals surface area (Å²) in [6.07, 6.45) is 4.42. The molecule has 8 heteroatoms. The maximum Gasteiger partial charge on any atom is 0.267 e. The molecule has 0 aliphatic carbocycles. The molecule has 0 bridgehead atoms. The minimum atomic E-state index is -0.471. The van der Waals surface area contributed by atoms with Gasteiger partial charge in [-0.1, -0.05) is 12.2 Å². The van der Waals surface area contributed by atoms with Crippen LogP contribution >= 0.6 is 11.8 Å². The van der Waals surface area contributed by atoms with Gasteiger partial charge in [0.2, 0.25) is 5.91 Å². The van der Waals surface area contributed by atoms with Gasteiger partial charge in [-0.25, -0.2) is 4.39 Å². The predicted molar refractivity (Wildman–Crippen MR) is 95.1 cm³/mol. The Labute approximate surface area is 160 Å². The zero-order valence-electron chi connectivity index (χ0n) is 13.2. The fourth-order valence-corrected chi connectivity index (χ4v) is 2.86. The summed E-state index contributed by atoms with van der Waals surface area (Å²) in [4.78, 5) is 30.4. The highest BCUT2D eigenvalue weighted by Gasteiger charge is 2.32. The summed E-state index contributed by atoms with van der Waals surface area (Å²) in [5.74, 6) is -1.17. The van der Waals surface area contributed by atoms with Crippen LogP contribution in [0.4, 0.5) is 10.1 Å². The molecule has 0 atom stereocenters. The van der Waals surface area contributed by atoms with Crippen molar-refractivity contribution < 1.29 is 31.0 Å². The van der Waals surface area contributed by atoms with Crippen LogP contribution in [0.15, 0.2) is 65.5 Å². The highest BCUT2D eigenvalue weighted by atomic mass is 79.9. The van der Waals surface area contributed by atoms with Crippen molar-refractivity contribution in [3.8, 4) is 0 Å². The van der Waals surface area contributed by atoms with Crippen molar-refractivity contribution in [2.75, 3.05) is 18.4 Å². The largest absolute Gasteiger partial charge is 1.00 e. The minimum Gasteiger partial charge on any atom is -1.00 e. The number of hydrogen-bond acceptors (Lipinski definition) is 4. The lowest BCUT2D eigenvalue weighted by molar-refractivity contribution is -0.122. The number of anilines is 1. The fourth-order valence-electron chi connectivity index (χ4n) is 1.89. The van der Waals surface area contributed by atoms with Crippen molar-refractivity contribution in [1.29, 1.82) is 0 Å². The molecule has 1 aromatic carbocycles. The Bertz CT molecular complexity index is 732. The van der Waals surface area contributed by atoms with Gasteiger partial charge < -0.3 is 22.3 Å². The molecule has 0 unspecified atom stereocenters. The molecule has 2 amide bonds. The SMILES string of the molecule is C=CCN=C1S/C(=C/C(=O)Nc2ccc(F)cc2)C(=O)N1CC=C.[Br-]. The van der Waals surface area contributed by atoms with E-state index in [0.29, 0.717) is 23.9 Å². The highest BCUT2D eigenvalue weighted by molar-refractivity contribution is 8.18. The third-order valence-electron chi connectivity index (χ3n) is 2.93. The Balaban J connectivity index is 0.00000312. The Morgan fingerprint density at radius 2 is 1.96 bits per heavy atom. The van der Waals surface area contributed by atoms with E-state index in [2.05, 4.69) is 23.5 Å². The van der Waals surface area contributed by atoms with E-state index in [1.807, 2.05) is 0 Å². The molecular formula is C17H16BrFN3O2S-. The van der Waals surface area contributed by atoms with Crippen LogP contribution in [-0.2, 0) is 9.59 Å². The van der Waals surface area contributed by atoms with Gasteiger partial charge in [-0.15, -0.1) is 13.2 Å². The first-order valence-corrected chi connectivity index (χ1v) is 7.91. The average Bonchev–Trinajstić information content (AvgIpc) is 2.84. The smallest absolute Gasteiger partial charge is 0.267 e. The zero-order valence-corrected chi connectivity index (χ0v) is 15.6. The van der Waals surface area contributed by atoms with Crippen LogP contribution in [0.5, 0.6) is 0 Å². The summed E-state index contributed by atoms with van der Waals surface area (Å²) < 4.78 is 12.9. The number of thioether (sulfide) groups is 1. The van der Waals surface area contributed by atoms with Gasteiger partial charge in [0.05, 0.1) is 11.4 Å². The maximum atomic E-state index is 12.9. The van der Waals surface area contributed by atoms with Gasteiger partial charge in [0.15, 0.2) is 5.17 Å². The summed E-state index contributed by atoms with van der Waals surface area (Å²) in [5.41, 5.74) is 0.442. The van der Waals surface area contributed by atoms with Crippen molar-refractivity contribution in [3.63, 3.8) is 0 Å². The fraction of sp³-hybridized carbons (Fsp3) is 0.118. The summed E-state index contributed by atoms with van der Waals surface area (Å²) in [7, 11) is 0. The number of nitrogens with one attached hydrogen (secondary N) is 1. The molecular weight excluding hydrogens is 409 g/mol. The number of rotatable bonds is 6. The third kappa shape index (κ3) is 5.68. The Kier molecular flexibility index (Phi) is 8.30. The molecule has 1 aliphatic rings. The summed E-state index contributed by atoms with van der Waals surface area (Å²) in [6.45, 7) is 7.88. The minimum absolute atomic E-state index is 0. The van der Waals surface area contributed by atoms with Crippen LogP contribution in [0.1, 0.15) is 0 Å². The van der Waals surface area contributed by atoms with E-state index < -0.39 is 11.7 Å². The van der Waals surface area contributed by atoms with E-state index in [1.54, 1.807) is 12.2 Å². The zero-order chi connectivity index (χ0) is 17.5. The van der Waals surface area contributed by atoms with Crippen molar-refractivity contribution in [2.24, 2.45) is 4.99 Å². The van der Waals surface area contributed by atoms with Crippen LogP contribution in [0.25, 0.3) is 0 Å². The van der Waals surface area contributed by atoms with Gasteiger partial charge in [-0.05, 0) is 36.0 Å². The molecule has 5 nitrogen and oxygen atoms in total. The number of carbonyl (C=O) groups excluding carboxylic acids is 2. The number of halogens is 2. The monoisotopic (exact) mass is 424 g/mol. The highest BCUT2D eigenvalue weighted by Crippen LogP contribution is 2.30. The number of hydrogen-bond donors (Lipinski definition) is 1. The number of benzene rings is 1. The number of nitrogens with zero attached hydrogens (tertiary/aromatic N) is 2. The van der Waals surface area contributed by atoms with E-state index in [4.69, 9.17) is 0 Å². The van der Waals surface area contributed by atoms with Gasteiger partial charge >= 0.3 is 0 Å². The molecule has 0 radical (unpaired) electrons. The summed E-state index contributed by atoms with van der Waals surface area (Å²) in [5, 5.41) is 3.08. The van der Waals surface area contributed by atoms with Crippen molar-refractivity contribution in [1.82, 2.24) is 4.90 Å². The number of carbonyl (C=O) groups is 2. The van der Waals surface area contributed by atoms with Gasteiger partial charge in [-0.3, -0.25) is 19.5 Å². The summed E-state index contributed by atoms with van der Waals surface area (Å²) in [6, 6.07) is 5.36. The van der Waals surface area contributed by atoms with Gasteiger partial charge in [-0.2, -0.15) is 0 Å². The number of aliphatic imine (C=N–C) groups is 1. The van der Waals surface area contributed by atoms with Gasteiger partial charge in [0.25, 0.3) is 5.91 Å². The Morgan fingerprint density at radius 3 is 2.56 bits per heavy atom. The Hall–Kier alpha value is -2.19. The van der Waals surface area contributed by atoms with E-state index in [-0.39, 0.29) is 27.8 Å². The molecule has 1 heterocycles. The maximum absolute atomic E-state index is 12.9. The molecule has 1 aliphatic heterocycles. The summed E-state index contributed by atoms with van der Waals surface area (Å²) >= 11 is 1.12. The quantitative estimate of drug-likeness (QED) is 0.514. The lowest BCUT2D eigenvalue weighted by Gasteiger charge is -2.12.